The molecule has 3 rings (SSSR count). The van der Waals surface area contributed by atoms with E-state index in [1.165, 1.54) is 5.56 Å². The number of ether oxygens (including phenoxy) is 1. The van der Waals surface area contributed by atoms with Gasteiger partial charge in [-0.3, -0.25) is 4.90 Å². The summed E-state index contributed by atoms with van der Waals surface area (Å²) in [6.45, 7) is 6.90. The Bertz CT molecular complexity index is 596. The highest BCUT2D eigenvalue weighted by atomic mass is 35.5. The van der Waals surface area contributed by atoms with Crippen LogP contribution in [0.4, 0.5) is 0 Å². The minimum Gasteiger partial charge on any atom is -0.371 e. The number of morpholine rings is 1. The van der Waals surface area contributed by atoms with Crippen molar-refractivity contribution in [3.8, 4) is 0 Å². The first-order valence-electron chi connectivity index (χ1n) is 7.79. The van der Waals surface area contributed by atoms with E-state index in [1.54, 1.807) is 0 Å². The Morgan fingerprint density at radius 3 is 2.82 bits per heavy atom. The minimum absolute atomic E-state index is 0.154. The van der Waals surface area contributed by atoms with E-state index in [-0.39, 0.29) is 6.10 Å². The standard InChI is InChI=1S/C17H22ClN3O/c1-14-19-7-10-21(14)9-2-8-20-11-12-22-17(13-20)15-3-5-16(18)6-4-15/h3-7,10,17H,2,8-9,11-13H2,1H3. The number of hydrogen-bond donors (Lipinski definition) is 0. The van der Waals surface area contributed by atoms with Gasteiger partial charge in [0.25, 0.3) is 0 Å². The van der Waals surface area contributed by atoms with Gasteiger partial charge in [-0.2, -0.15) is 0 Å². The van der Waals surface area contributed by atoms with Crippen LogP contribution in [0.5, 0.6) is 0 Å². The van der Waals surface area contributed by atoms with Crippen LogP contribution < -0.4 is 0 Å². The van der Waals surface area contributed by atoms with Crippen molar-refractivity contribution in [2.24, 2.45) is 0 Å². The zero-order chi connectivity index (χ0) is 15.4. The van der Waals surface area contributed by atoms with Crippen molar-refractivity contribution >= 4 is 11.6 Å². The zero-order valence-electron chi connectivity index (χ0n) is 12.9. The van der Waals surface area contributed by atoms with Crippen LogP contribution in [0.15, 0.2) is 36.7 Å². The maximum atomic E-state index is 5.95. The van der Waals surface area contributed by atoms with E-state index in [4.69, 9.17) is 16.3 Å². The minimum atomic E-state index is 0.154. The van der Waals surface area contributed by atoms with Crippen molar-refractivity contribution in [3.05, 3.63) is 53.1 Å². The summed E-state index contributed by atoms with van der Waals surface area (Å²) in [4.78, 5) is 6.74. The summed E-state index contributed by atoms with van der Waals surface area (Å²) in [5.74, 6) is 1.08. The van der Waals surface area contributed by atoms with E-state index < -0.39 is 0 Å². The van der Waals surface area contributed by atoms with E-state index in [2.05, 4.69) is 26.6 Å². The molecule has 0 saturated carbocycles. The van der Waals surface area contributed by atoms with Crippen molar-refractivity contribution in [3.63, 3.8) is 0 Å². The highest BCUT2D eigenvalue weighted by Crippen LogP contribution is 2.23. The van der Waals surface area contributed by atoms with Crippen LogP contribution >= 0.6 is 11.6 Å². The summed E-state index contributed by atoms with van der Waals surface area (Å²) in [6.07, 6.45) is 5.19. The second-order valence-corrected chi connectivity index (χ2v) is 6.17. The van der Waals surface area contributed by atoms with E-state index >= 15 is 0 Å². The van der Waals surface area contributed by atoms with Gasteiger partial charge in [-0.1, -0.05) is 23.7 Å². The summed E-state index contributed by atoms with van der Waals surface area (Å²) in [7, 11) is 0. The van der Waals surface area contributed by atoms with Gasteiger partial charge in [0, 0.05) is 43.6 Å². The molecule has 5 heteroatoms. The van der Waals surface area contributed by atoms with Crippen LogP contribution in [0.1, 0.15) is 23.9 Å². The molecule has 1 aromatic carbocycles. The third kappa shape index (κ3) is 3.88. The number of aryl methyl sites for hydroxylation is 2. The number of aromatic nitrogens is 2. The number of halogens is 1. The molecule has 4 nitrogen and oxygen atoms in total. The van der Waals surface area contributed by atoms with Crippen molar-refractivity contribution in [2.75, 3.05) is 26.2 Å². The Morgan fingerprint density at radius 2 is 2.09 bits per heavy atom. The summed E-state index contributed by atoms with van der Waals surface area (Å²) in [6, 6.07) is 7.98. The number of hydrogen-bond acceptors (Lipinski definition) is 3. The number of benzene rings is 1. The molecule has 1 aliphatic heterocycles. The first-order chi connectivity index (χ1) is 10.7. The van der Waals surface area contributed by atoms with Gasteiger partial charge in [-0.25, -0.2) is 4.98 Å². The Hall–Kier alpha value is -1.36. The molecule has 1 aromatic heterocycles. The maximum absolute atomic E-state index is 5.95. The largest absolute Gasteiger partial charge is 0.371 e. The van der Waals surface area contributed by atoms with E-state index in [0.717, 1.165) is 50.1 Å². The van der Waals surface area contributed by atoms with Crippen LogP contribution in [0.25, 0.3) is 0 Å². The lowest BCUT2D eigenvalue weighted by atomic mass is 10.1. The van der Waals surface area contributed by atoms with Crippen molar-refractivity contribution in [1.82, 2.24) is 14.5 Å². The summed E-state index contributed by atoms with van der Waals surface area (Å²) >= 11 is 5.95. The van der Waals surface area contributed by atoms with Gasteiger partial charge in [0.15, 0.2) is 0 Å². The first-order valence-corrected chi connectivity index (χ1v) is 8.17. The first kappa shape index (κ1) is 15.5. The van der Waals surface area contributed by atoms with Crippen LogP contribution in [-0.2, 0) is 11.3 Å². The number of imidazole rings is 1. The smallest absolute Gasteiger partial charge is 0.105 e. The van der Waals surface area contributed by atoms with Gasteiger partial charge in [0.05, 0.1) is 12.7 Å². The second kappa shape index (κ2) is 7.27. The third-order valence-corrected chi connectivity index (χ3v) is 4.44. The molecule has 1 atom stereocenters. The molecule has 1 saturated heterocycles. The predicted molar refractivity (Wildman–Crippen MR) is 88.2 cm³/mol. The molecule has 2 heterocycles. The molecule has 0 amide bonds. The topological polar surface area (TPSA) is 30.3 Å². The van der Waals surface area contributed by atoms with Crippen LogP contribution in [0.2, 0.25) is 5.02 Å². The van der Waals surface area contributed by atoms with Crippen LogP contribution in [-0.4, -0.2) is 40.7 Å². The SMILES string of the molecule is Cc1nccn1CCCN1CCOC(c2ccc(Cl)cc2)C1. The fourth-order valence-corrected chi connectivity index (χ4v) is 3.02. The molecule has 0 spiro atoms. The summed E-state index contributed by atoms with van der Waals surface area (Å²) < 4.78 is 8.11. The van der Waals surface area contributed by atoms with Crippen LogP contribution in [0, 0.1) is 6.92 Å². The van der Waals surface area contributed by atoms with Gasteiger partial charge in [-0.05, 0) is 31.0 Å². The maximum Gasteiger partial charge on any atom is 0.105 e. The Balaban J connectivity index is 1.50. The molecular formula is C17H22ClN3O. The molecule has 0 N–H and O–H groups in total. The van der Waals surface area contributed by atoms with Crippen molar-refractivity contribution in [2.45, 2.75) is 26.0 Å². The van der Waals surface area contributed by atoms with E-state index in [9.17, 15) is 0 Å². The number of rotatable bonds is 5. The Labute approximate surface area is 136 Å². The number of nitrogens with zero attached hydrogens (tertiary/aromatic N) is 3. The van der Waals surface area contributed by atoms with Gasteiger partial charge in [-0.15, -0.1) is 0 Å². The van der Waals surface area contributed by atoms with Crippen molar-refractivity contribution < 1.29 is 4.74 Å². The molecule has 0 aliphatic carbocycles. The monoisotopic (exact) mass is 319 g/mol. The zero-order valence-corrected chi connectivity index (χ0v) is 13.7. The van der Waals surface area contributed by atoms with Gasteiger partial charge < -0.3 is 9.30 Å². The lowest BCUT2D eigenvalue weighted by Gasteiger charge is -2.33. The van der Waals surface area contributed by atoms with Gasteiger partial charge in [0.2, 0.25) is 0 Å². The normalized spacial score (nSPS) is 19.5. The molecule has 118 valence electrons. The molecule has 1 fully saturated rings. The molecule has 1 aliphatic rings. The Morgan fingerprint density at radius 1 is 1.27 bits per heavy atom. The lowest BCUT2D eigenvalue weighted by molar-refractivity contribution is -0.0305. The van der Waals surface area contributed by atoms with Gasteiger partial charge in [0.1, 0.15) is 5.82 Å². The van der Waals surface area contributed by atoms with E-state index in [0.29, 0.717) is 0 Å². The van der Waals surface area contributed by atoms with E-state index in [1.807, 2.05) is 31.5 Å². The van der Waals surface area contributed by atoms with Gasteiger partial charge >= 0.3 is 0 Å². The summed E-state index contributed by atoms with van der Waals surface area (Å²) in [5.41, 5.74) is 1.21. The Kier molecular flexibility index (Phi) is 5.13. The highest BCUT2D eigenvalue weighted by molar-refractivity contribution is 6.30. The highest BCUT2D eigenvalue weighted by Gasteiger charge is 2.21. The summed E-state index contributed by atoms with van der Waals surface area (Å²) in [5, 5.41) is 0.770. The molecular weight excluding hydrogens is 298 g/mol. The van der Waals surface area contributed by atoms with Crippen LogP contribution in [0.3, 0.4) is 0 Å². The molecule has 1 unspecified atom stereocenters. The van der Waals surface area contributed by atoms with Crippen molar-refractivity contribution in [1.29, 1.82) is 0 Å². The predicted octanol–water partition coefficient (Wildman–Crippen LogP) is 3.31. The lowest BCUT2D eigenvalue weighted by Crippen LogP contribution is -2.39. The molecule has 2 aromatic rings. The molecule has 22 heavy (non-hydrogen) atoms. The molecule has 0 radical (unpaired) electrons. The average molecular weight is 320 g/mol. The second-order valence-electron chi connectivity index (χ2n) is 5.73. The molecule has 0 bridgehead atoms. The third-order valence-electron chi connectivity index (χ3n) is 4.19. The quantitative estimate of drug-likeness (QED) is 0.847. The fourth-order valence-electron chi connectivity index (χ4n) is 2.89. The average Bonchev–Trinajstić information content (AvgIpc) is 2.94. The fraction of sp³-hybridized carbons (Fsp3) is 0.471.